The predicted molar refractivity (Wildman–Crippen MR) is 95.3 cm³/mol. The molecule has 0 spiro atoms. The standard InChI is InChI=1S/C20H30N2O2/c21-19-8-4-7-18(13-19)20(23)22(14-16-5-2-1-3-6-16)15-17-9-11-24-12-10-17/h1-3,5-6,17-19H,4,7-15,21H2. The van der Waals surface area contributed by atoms with Gasteiger partial charge < -0.3 is 15.4 Å². The number of carbonyl (C=O) groups excluding carboxylic acids is 1. The molecule has 1 amide bonds. The molecule has 0 aromatic heterocycles. The molecule has 1 aromatic carbocycles. The van der Waals surface area contributed by atoms with Crippen molar-refractivity contribution in [1.29, 1.82) is 0 Å². The first-order chi connectivity index (χ1) is 11.7. The normalized spacial score (nSPS) is 25.4. The summed E-state index contributed by atoms with van der Waals surface area (Å²) in [7, 11) is 0. The molecule has 4 heteroatoms. The molecule has 2 unspecified atom stereocenters. The van der Waals surface area contributed by atoms with E-state index in [1.165, 1.54) is 5.56 Å². The van der Waals surface area contributed by atoms with E-state index in [0.29, 0.717) is 18.4 Å². The van der Waals surface area contributed by atoms with Gasteiger partial charge in [-0.1, -0.05) is 36.8 Å². The van der Waals surface area contributed by atoms with Gasteiger partial charge >= 0.3 is 0 Å². The lowest BCUT2D eigenvalue weighted by Crippen LogP contribution is -2.43. The minimum atomic E-state index is 0.109. The average molecular weight is 330 g/mol. The number of amides is 1. The number of ether oxygens (including phenoxy) is 1. The highest BCUT2D eigenvalue weighted by atomic mass is 16.5. The Balaban J connectivity index is 1.68. The molecule has 1 aliphatic carbocycles. The smallest absolute Gasteiger partial charge is 0.226 e. The van der Waals surface area contributed by atoms with E-state index in [4.69, 9.17) is 10.5 Å². The molecule has 2 aliphatic rings. The lowest BCUT2D eigenvalue weighted by molar-refractivity contribution is -0.138. The lowest BCUT2D eigenvalue weighted by Gasteiger charge is -2.34. The van der Waals surface area contributed by atoms with Crippen LogP contribution in [0.25, 0.3) is 0 Å². The molecule has 0 radical (unpaired) electrons. The number of benzene rings is 1. The summed E-state index contributed by atoms with van der Waals surface area (Å²) in [6.07, 6.45) is 6.09. The van der Waals surface area contributed by atoms with Crippen molar-refractivity contribution < 1.29 is 9.53 Å². The van der Waals surface area contributed by atoms with E-state index in [1.807, 2.05) is 18.2 Å². The number of carbonyl (C=O) groups is 1. The highest BCUT2D eigenvalue weighted by molar-refractivity contribution is 5.79. The number of hydrogen-bond acceptors (Lipinski definition) is 3. The molecule has 1 saturated heterocycles. The minimum Gasteiger partial charge on any atom is -0.381 e. The van der Waals surface area contributed by atoms with Crippen molar-refractivity contribution in [3.63, 3.8) is 0 Å². The third-order valence-electron chi connectivity index (χ3n) is 5.41. The first-order valence-corrected chi connectivity index (χ1v) is 9.38. The molecule has 1 aromatic rings. The Labute approximate surface area is 145 Å². The van der Waals surface area contributed by atoms with E-state index in [-0.39, 0.29) is 12.0 Å². The molecular formula is C20H30N2O2. The van der Waals surface area contributed by atoms with Gasteiger partial charge in [0.2, 0.25) is 5.91 Å². The van der Waals surface area contributed by atoms with Crippen LogP contribution < -0.4 is 5.73 Å². The largest absolute Gasteiger partial charge is 0.381 e. The van der Waals surface area contributed by atoms with Gasteiger partial charge in [0, 0.05) is 38.3 Å². The first-order valence-electron chi connectivity index (χ1n) is 9.38. The molecule has 132 valence electrons. The van der Waals surface area contributed by atoms with Crippen LogP contribution in [0.15, 0.2) is 30.3 Å². The summed E-state index contributed by atoms with van der Waals surface area (Å²) < 4.78 is 5.47. The maximum atomic E-state index is 13.2. The molecular weight excluding hydrogens is 300 g/mol. The van der Waals surface area contributed by atoms with Crippen LogP contribution in [-0.2, 0) is 16.1 Å². The van der Waals surface area contributed by atoms with Gasteiger partial charge in [0.25, 0.3) is 0 Å². The Morgan fingerprint density at radius 3 is 2.58 bits per heavy atom. The zero-order valence-corrected chi connectivity index (χ0v) is 14.5. The van der Waals surface area contributed by atoms with Gasteiger partial charge in [-0.2, -0.15) is 0 Å². The number of nitrogens with zero attached hydrogens (tertiary/aromatic N) is 1. The molecule has 3 rings (SSSR count). The van der Waals surface area contributed by atoms with Crippen LogP contribution in [0, 0.1) is 11.8 Å². The maximum absolute atomic E-state index is 13.2. The topological polar surface area (TPSA) is 55.6 Å². The molecule has 2 fully saturated rings. The Kier molecular flexibility index (Phi) is 6.27. The van der Waals surface area contributed by atoms with Crippen molar-refractivity contribution in [2.24, 2.45) is 17.6 Å². The minimum absolute atomic E-state index is 0.109. The van der Waals surface area contributed by atoms with Crippen molar-refractivity contribution in [3.05, 3.63) is 35.9 Å². The maximum Gasteiger partial charge on any atom is 0.226 e. The fraction of sp³-hybridized carbons (Fsp3) is 0.650. The Morgan fingerprint density at radius 1 is 1.12 bits per heavy atom. The van der Waals surface area contributed by atoms with E-state index in [1.54, 1.807) is 0 Å². The second-order valence-electron chi connectivity index (χ2n) is 7.38. The molecule has 2 N–H and O–H groups in total. The van der Waals surface area contributed by atoms with Crippen LogP contribution >= 0.6 is 0 Å². The van der Waals surface area contributed by atoms with Crippen molar-refractivity contribution in [2.45, 2.75) is 51.1 Å². The predicted octanol–water partition coefficient (Wildman–Crippen LogP) is 2.96. The van der Waals surface area contributed by atoms with Gasteiger partial charge in [0.1, 0.15) is 0 Å². The lowest BCUT2D eigenvalue weighted by atomic mass is 9.85. The number of hydrogen-bond donors (Lipinski definition) is 1. The third-order valence-corrected chi connectivity index (χ3v) is 5.41. The highest BCUT2D eigenvalue weighted by Crippen LogP contribution is 2.27. The van der Waals surface area contributed by atoms with Crippen molar-refractivity contribution in [1.82, 2.24) is 4.90 Å². The molecule has 24 heavy (non-hydrogen) atoms. The summed E-state index contributed by atoms with van der Waals surface area (Å²) in [6, 6.07) is 10.5. The SMILES string of the molecule is NC1CCCC(C(=O)N(Cc2ccccc2)CC2CCOCC2)C1. The van der Waals surface area contributed by atoms with Crippen LogP contribution in [0.1, 0.15) is 44.1 Å². The van der Waals surface area contributed by atoms with Crippen LogP contribution in [0.4, 0.5) is 0 Å². The summed E-state index contributed by atoms with van der Waals surface area (Å²) in [5, 5.41) is 0. The Morgan fingerprint density at radius 2 is 1.88 bits per heavy atom. The second kappa shape index (κ2) is 8.63. The molecule has 4 nitrogen and oxygen atoms in total. The third kappa shape index (κ3) is 4.81. The van der Waals surface area contributed by atoms with Crippen LogP contribution in [0.3, 0.4) is 0 Å². The highest BCUT2D eigenvalue weighted by Gasteiger charge is 2.30. The van der Waals surface area contributed by atoms with Crippen molar-refractivity contribution in [3.8, 4) is 0 Å². The van der Waals surface area contributed by atoms with Crippen molar-refractivity contribution in [2.75, 3.05) is 19.8 Å². The average Bonchev–Trinajstić information content (AvgIpc) is 2.62. The monoisotopic (exact) mass is 330 g/mol. The molecule has 1 heterocycles. The molecule has 2 atom stereocenters. The van der Waals surface area contributed by atoms with Gasteiger partial charge in [-0.05, 0) is 43.6 Å². The molecule has 0 bridgehead atoms. The molecule has 1 aliphatic heterocycles. The summed E-state index contributed by atoms with van der Waals surface area (Å²) in [5.41, 5.74) is 7.32. The molecule has 1 saturated carbocycles. The number of nitrogens with two attached hydrogens (primary N) is 1. The fourth-order valence-corrected chi connectivity index (χ4v) is 3.99. The second-order valence-corrected chi connectivity index (χ2v) is 7.38. The van der Waals surface area contributed by atoms with Gasteiger partial charge in [0.05, 0.1) is 0 Å². The first kappa shape index (κ1) is 17.4. The fourth-order valence-electron chi connectivity index (χ4n) is 3.99. The van der Waals surface area contributed by atoms with Crippen molar-refractivity contribution >= 4 is 5.91 Å². The Hall–Kier alpha value is -1.39. The van der Waals surface area contributed by atoms with Crippen LogP contribution in [0.2, 0.25) is 0 Å². The van der Waals surface area contributed by atoms with E-state index in [9.17, 15) is 4.79 Å². The summed E-state index contributed by atoms with van der Waals surface area (Å²) >= 11 is 0. The van der Waals surface area contributed by atoms with Gasteiger partial charge in [0.15, 0.2) is 0 Å². The van der Waals surface area contributed by atoms with Gasteiger partial charge in [-0.25, -0.2) is 0 Å². The zero-order chi connectivity index (χ0) is 16.8. The van der Waals surface area contributed by atoms with Gasteiger partial charge in [-0.15, -0.1) is 0 Å². The van der Waals surface area contributed by atoms with E-state index < -0.39 is 0 Å². The quantitative estimate of drug-likeness (QED) is 0.903. The zero-order valence-electron chi connectivity index (χ0n) is 14.5. The summed E-state index contributed by atoms with van der Waals surface area (Å²) in [6.45, 7) is 3.21. The summed E-state index contributed by atoms with van der Waals surface area (Å²) in [4.78, 5) is 15.3. The number of rotatable bonds is 5. The van der Waals surface area contributed by atoms with E-state index in [2.05, 4.69) is 17.0 Å². The summed E-state index contributed by atoms with van der Waals surface area (Å²) in [5.74, 6) is 0.974. The Bertz CT molecular complexity index is 514. The van der Waals surface area contributed by atoms with E-state index in [0.717, 1.165) is 58.3 Å². The van der Waals surface area contributed by atoms with E-state index >= 15 is 0 Å². The van der Waals surface area contributed by atoms with Crippen LogP contribution in [-0.4, -0.2) is 36.6 Å². The van der Waals surface area contributed by atoms with Crippen LogP contribution in [0.5, 0.6) is 0 Å². The van der Waals surface area contributed by atoms with Gasteiger partial charge in [-0.3, -0.25) is 4.79 Å².